The highest BCUT2D eigenvalue weighted by Gasteiger charge is 2.35. The van der Waals surface area contributed by atoms with E-state index in [0.717, 1.165) is 0 Å². The maximum atomic E-state index is 12.5. The molecule has 3 heterocycles. The zero-order valence-electron chi connectivity index (χ0n) is 19.5. The third kappa shape index (κ3) is 7.69. The Bertz CT molecular complexity index is 857. The summed E-state index contributed by atoms with van der Waals surface area (Å²) in [7, 11) is -2.08. The maximum Gasteiger partial charge on any atom is 0.410 e. The van der Waals surface area contributed by atoms with Gasteiger partial charge < -0.3 is 19.1 Å². The van der Waals surface area contributed by atoms with E-state index in [1.165, 1.54) is 10.6 Å². The molecule has 1 aromatic heterocycles. The van der Waals surface area contributed by atoms with Crippen molar-refractivity contribution in [3.63, 3.8) is 0 Å². The van der Waals surface area contributed by atoms with Crippen LogP contribution in [0.4, 0.5) is 18.0 Å². The zero-order valence-corrected chi connectivity index (χ0v) is 20.4. The predicted octanol–water partition coefficient (Wildman–Crippen LogP) is 3.24. The number of halogens is 3. The second-order valence-corrected chi connectivity index (χ2v) is 10.1. The lowest BCUT2D eigenvalue weighted by atomic mass is 10.1. The van der Waals surface area contributed by atoms with Gasteiger partial charge >= 0.3 is 12.3 Å². The summed E-state index contributed by atoms with van der Waals surface area (Å²) in [5, 5.41) is 0. The predicted molar refractivity (Wildman–Crippen MR) is 118 cm³/mol. The van der Waals surface area contributed by atoms with E-state index < -0.39 is 22.9 Å². The van der Waals surface area contributed by atoms with Gasteiger partial charge in [0.2, 0.25) is 11.8 Å². The van der Waals surface area contributed by atoms with Gasteiger partial charge in [-0.3, -0.25) is 0 Å². The molecule has 0 bridgehead atoms. The molecular formula is C21H31F3N4O5S. The molecule has 1 unspecified atom stereocenters. The average molecular weight is 509 g/mol. The zero-order chi connectivity index (χ0) is 24.9. The van der Waals surface area contributed by atoms with Crippen molar-refractivity contribution >= 4 is 17.1 Å². The van der Waals surface area contributed by atoms with Gasteiger partial charge in [-0.05, 0) is 33.6 Å². The first-order valence-electron chi connectivity index (χ1n) is 11.3. The SMILES string of the molecule is Cc1c(OC2CCN(C(=O)OC(C)C)CC2)ncnc1OC1CCN(S(=O)CC(F)(F)F)CC1. The average Bonchev–Trinajstić information content (AvgIpc) is 2.76. The van der Waals surface area contributed by atoms with Gasteiger partial charge in [0, 0.05) is 39.0 Å². The highest BCUT2D eigenvalue weighted by atomic mass is 32.2. The molecule has 2 fully saturated rings. The summed E-state index contributed by atoms with van der Waals surface area (Å²) in [6.07, 6.45) is -1.81. The van der Waals surface area contributed by atoms with E-state index in [0.29, 0.717) is 56.1 Å². The number of ether oxygens (including phenoxy) is 3. The molecule has 0 aromatic carbocycles. The van der Waals surface area contributed by atoms with Crippen LogP contribution in [0.15, 0.2) is 6.33 Å². The Labute approximate surface area is 199 Å². The van der Waals surface area contributed by atoms with Crippen LogP contribution in [0.3, 0.4) is 0 Å². The van der Waals surface area contributed by atoms with Crippen LogP contribution in [0.5, 0.6) is 11.8 Å². The molecule has 0 radical (unpaired) electrons. The molecule has 192 valence electrons. The second-order valence-electron chi connectivity index (χ2n) is 8.67. The molecule has 0 aliphatic carbocycles. The number of amides is 1. The van der Waals surface area contributed by atoms with Crippen molar-refractivity contribution in [2.45, 2.75) is 70.9 Å². The molecular weight excluding hydrogens is 477 g/mol. The number of carbonyl (C=O) groups is 1. The summed E-state index contributed by atoms with van der Waals surface area (Å²) < 4.78 is 67.9. The molecule has 1 amide bonds. The smallest absolute Gasteiger partial charge is 0.410 e. The van der Waals surface area contributed by atoms with Gasteiger partial charge in [0.1, 0.15) is 35.3 Å². The van der Waals surface area contributed by atoms with Crippen LogP contribution < -0.4 is 9.47 Å². The van der Waals surface area contributed by atoms with E-state index in [9.17, 15) is 22.2 Å². The van der Waals surface area contributed by atoms with E-state index >= 15 is 0 Å². The highest BCUT2D eigenvalue weighted by Crippen LogP contribution is 2.28. The number of nitrogens with zero attached hydrogens (tertiary/aromatic N) is 4. The Kier molecular flexibility index (Phi) is 8.96. The first kappa shape index (κ1) is 26.5. The van der Waals surface area contributed by atoms with Crippen molar-refractivity contribution in [1.82, 2.24) is 19.2 Å². The molecule has 1 atom stereocenters. The Morgan fingerprint density at radius 1 is 1.06 bits per heavy atom. The number of hydrogen-bond donors (Lipinski definition) is 0. The number of likely N-dealkylation sites (tertiary alicyclic amines) is 1. The Balaban J connectivity index is 1.49. The molecule has 2 saturated heterocycles. The summed E-state index contributed by atoms with van der Waals surface area (Å²) in [6, 6.07) is 0. The Hall–Kier alpha value is -2.15. The lowest BCUT2D eigenvalue weighted by molar-refractivity contribution is -0.106. The van der Waals surface area contributed by atoms with Crippen molar-refractivity contribution in [1.29, 1.82) is 0 Å². The highest BCUT2D eigenvalue weighted by molar-refractivity contribution is 7.82. The molecule has 0 N–H and O–H groups in total. The molecule has 1 aromatic rings. The monoisotopic (exact) mass is 508 g/mol. The van der Waals surface area contributed by atoms with Crippen LogP contribution in [-0.4, -0.2) is 85.9 Å². The van der Waals surface area contributed by atoms with Crippen molar-refractivity contribution in [2.75, 3.05) is 31.9 Å². The maximum absolute atomic E-state index is 12.5. The lowest BCUT2D eigenvalue weighted by Gasteiger charge is -2.32. The van der Waals surface area contributed by atoms with Gasteiger partial charge in [0.15, 0.2) is 0 Å². The van der Waals surface area contributed by atoms with Crippen LogP contribution in [0.25, 0.3) is 0 Å². The summed E-state index contributed by atoms with van der Waals surface area (Å²) in [5.74, 6) is -0.572. The summed E-state index contributed by atoms with van der Waals surface area (Å²) in [5.41, 5.74) is 0.632. The van der Waals surface area contributed by atoms with Crippen LogP contribution in [0.2, 0.25) is 0 Å². The molecule has 34 heavy (non-hydrogen) atoms. The number of carbonyl (C=O) groups excluding carboxylic acids is 1. The van der Waals surface area contributed by atoms with E-state index in [1.54, 1.807) is 11.8 Å². The van der Waals surface area contributed by atoms with Crippen molar-refractivity contribution in [2.24, 2.45) is 0 Å². The number of aromatic nitrogens is 2. The van der Waals surface area contributed by atoms with Gasteiger partial charge in [-0.25, -0.2) is 23.3 Å². The van der Waals surface area contributed by atoms with Crippen LogP contribution >= 0.6 is 0 Å². The fourth-order valence-electron chi connectivity index (χ4n) is 3.79. The second kappa shape index (κ2) is 11.5. The molecule has 2 aliphatic rings. The normalized spacial score (nSPS) is 19.8. The molecule has 2 aliphatic heterocycles. The molecule has 3 rings (SSSR count). The van der Waals surface area contributed by atoms with Gasteiger partial charge in [-0.2, -0.15) is 13.2 Å². The van der Waals surface area contributed by atoms with Crippen LogP contribution in [0.1, 0.15) is 45.1 Å². The minimum absolute atomic E-state index is 0.114. The van der Waals surface area contributed by atoms with E-state index in [-0.39, 0.29) is 37.5 Å². The summed E-state index contributed by atoms with van der Waals surface area (Å²) in [6.45, 7) is 6.95. The first-order valence-corrected chi connectivity index (χ1v) is 12.6. The first-order chi connectivity index (χ1) is 16.0. The van der Waals surface area contributed by atoms with Gasteiger partial charge in [0.25, 0.3) is 0 Å². The minimum Gasteiger partial charge on any atom is -0.474 e. The van der Waals surface area contributed by atoms with Gasteiger partial charge in [0.05, 0.1) is 11.7 Å². The number of rotatable bonds is 7. The molecule has 9 nitrogen and oxygen atoms in total. The Morgan fingerprint density at radius 3 is 2.03 bits per heavy atom. The fourth-order valence-corrected chi connectivity index (χ4v) is 4.87. The standard InChI is InChI=1S/C21H31F3N4O5S/c1-14(2)31-20(29)27-8-4-16(5-9-27)32-18-15(3)19(26-13-25-18)33-17-6-10-28(11-7-17)34(30)12-21(22,23)24/h13-14,16-17H,4-12H2,1-3H3. The minimum atomic E-state index is -4.46. The van der Waals surface area contributed by atoms with Crippen LogP contribution in [0, 0.1) is 6.92 Å². The van der Waals surface area contributed by atoms with E-state index in [1.807, 2.05) is 13.8 Å². The van der Waals surface area contributed by atoms with E-state index in [2.05, 4.69) is 9.97 Å². The molecule has 13 heteroatoms. The number of hydrogen-bond acceptors (Lipinski definition) is 7. The van der Waals surface area contributed by atoms with Crippen LogP contribution in [-0.2, 0) is 15.7 Å². The Morgan fingerprint density at radius 2 is 1.56 bits per heavy atom. The fraction of sp³-hybridized carbons (Fsp3) is 0.762. The topological polar surface area (TPSA) is 94.1 Å². The third-order valence-corrected chi connectivity index (χ3v) is 7.08. The molecule has 0 saturated carbocycles. The summed E-state index contributed by atoms with van der Waals surface area (Å²) >= 11 is 0. The van der Waals surface area contributed by atoms with Crippen molar-refractivity contribution in [3.8, 4) is 11.8 Å². The summed E-state index contributed by atoms with van der Waals surface area (Å²) in [4.78, 5) is 22.1. The van der Waals surface area contributed by atoms with Gasteiger partial charge in [-0.15, -0.1) is 0 Å². The van der Waals surface area contributed by atoms with Gasteiger partial charge in [-0.1, -0.05) is 0 Å². The quantitative estimate of drug-likeness (QED) is 0.558. The third-order valence-electron chi connectivity index (χ3n) is 5.56. The van der Waals surface area contributed by atoms with Crippen molar-refractivity contribution < 1.29 is 36.4 Å². The number of alkyl halides is 3. The largest absolute Gasteiger partial charge is 0.474 e. The number of piperidine rings is 2. The van der Waals surface area contributed by atoms with E-state index in [4.69, 9.17) is 14.2 Å². The molecule has 0 spiro atoms. The lowest BCUT2D eigenvalue weighted by Crippen LogP contribution is -2.42. The van der Waals surface area contributed by atoms with Crippen molar-refractivity contribution in [3.05, 3.63) is 11.9 Å².